The summed E-state index contributed by atoms with van der Waals surface area (Å²) in [6.07, 6.45) is 0.433. The molecule has 1 aromatic carbocycles. The van der Waals surface area contributed by atoms with Crippen LogP contribution in [0.1, 0.15) is 15.4 Å². The lowest BCUT2D eigenvalue weighted by Gasteiger charge is -2.21. The topological polar surface area (TPSA) is 106 Å². The smallest absolute Gasteiger partial charge is 0.259 e. The number of aromatic nitrogens is 2. The molecule has 0 aliphatic heterocycles. The van der Waals surface area contributed by atoms with Crippen molar-refractivity contribution in [3.63, 3.8) is 0 Å². The first-order valence-electron chi connectivity index (χ1n) is 6.29. The normalized spacial score (nSPS) is 12.4. The van der Waals surface area contributed by atoms with Crippen LogP contribution in [0.15, 0.2) is 24.3 Å². The average molecular weight is 344 g/mol. The van der Waals surface area contributed by atoms with Crippen LogP contribution in [-0.2, 0) is 6.42 Å². The maximum absolute atomic E-state index is 12.1. The highest BCUT2D eigenvalue weighted by atomic mass is 35.5. The molecule has 1 atom stereocenters. The van der Waals surface area contributed by atoms with Gasteiger partial charge in [0.2, 0.25) is 5.13 Å². The first-order valence-corrected chi connectivity index (χ1v) is 7.49. The van der Waals surface area contributed by atoms with Gasteiger partial charge < -0.3 is 5.21 Å². The number of carbonyl (C=O) groups is 1. The summed E-state index contributed by atoms with van der Waals surface area (Å²) in [5, 5.41) is 31.3. The zero-order valence-electron chi connectivity index (χ0n) is 11.6. The van der Waals surface area contributed by atoms with E-state index in [9.17, 15) is 10.0 Å². The Labute approximate surface area is 135 Å². The van der Waals surface area contributed by atoms with Gasteiger partial charge in [-0.25, -0.2) is 0 Å². The van der Waals surface area contributed by atoms with E-state index >= 15 is 0 Å². The number of amides is 1. The third-order valence-corrected chi connectivity index (χ3v) is 4.02. The molecule has 1 aromatic heterocycles. The number of halogens is 1. The standard InChI is InChI=1S/C12H14ClN5O3S/c1-17(18(20)21)7-6-10-15-16-12(22-10)14-11(19)8-4-2-3-5-9(8)13/h2-5,18,20H,6-7H2,1H3,(H,14,16,19). The van der Waals surface area contributed by atoms with Crippen molar-refractivity contribution >= 4 is 34.0 Å². The number of carbonyl (C=O) groups excluding carboxylic acids is 1. The summed E-state index contributed by atoms with van der Waals surface area (Å²) in [4.78, 5) is 12.1. The van der Waals surface area contributed by atoms with Crippen molar-refractivity contribution in [2.24, 2.45) is 0 Å². The fourth-order valence-electron chi connectivity index (χ4n) is 1.57. The lowest BCUT2D eigenvalue weighted by atomic mass is 10.2. The monoisotopic (exact) mass is 343 g/mol. The second-order valence-electron chi connectivity index (χ2n) is 4.39. The number of nitrogens with one attached hydrogen (secondary N) is 2. The molecule has 22 heavy (non-hydrogen) atoms. The Morgan fingerprint density at radius 2 is 2.23 bits per heavy atom. The maximum atomic E-state index is 12.1. The van der Waals surface area contributed by atoms with Gasteiger partial charge in [-0.05, 0) is 12.1 Å². The third-order valence-electron chi connectivity index (χ3n) is 2.79. The zero-order chi connectivity index (χ0) is 16.1. The summed E-state index contributed by atoms with van der Waals surface area (Å²) in [6, 6.07) is 6.69. The van der Waals surface area contributed by atoms with Crippen LogP contribution >= 0.6 is 22.9 Å². The molecule has 0 aliphatic rings. The van der Waals surface area contributed by atoms with E-state index in [0.717, 1.165) is 5.01 Å². The molecule has 10 heteroatoms. The van der Waals surface area contributed by atoms with Crippen LogP contribution in [0.4, 0.5) is 5.13 Å². The molecule has 8 nitrogen and oxygen atoms in total. The highest BCUT2D eigenvalue weighted by Gasteiger charge is 2.13. The lowest BCUT2D eigenvalue weighted by Crippen LogP contribution is -3.11. The number of quaternary nitrogens is 1. The second-order valence-corrected chi connectivity index (χ2v) is 5.86. The van der Waals surface area contributed by atoms with Crippen molar-refractivity contribution in [1.82, 2.24) is 15.2 Å². The Morgan fingerprint density at radius 1 is 1.50 bits per heavy atom. The maximum Gasteiger partial charge on any atom is 0.259 e. The predicted octanol–water partition coefficient (Wildman–Crippen LogP) is 0.605. The molecule has 0 saturated carbocycles. The van der Waals surface area contributed by atoms with Crippen molar-refractivity contribution in [2.75, 3.05) is 18.9 Å². The van der Waals surface area contributed by atoms with E-state index in [0.29, 0.717) is 33.7 Å². The highest BCUT2D eigenvalue weighted by molar-refractivity contribution is 7.15. The van der Waals surface area contributed by atoms with E-state index in [1.165, 1.54) is 18.4 Å². The van der Waals surface area contributed by atoms with Gasteiger partial charge in [-0.1, -0.05) is 35.1 Å². The first-order chi connectivity index (χ1) is 10.5. The van der Waals surface area contributed by atoms with E-state index in [1.54, 1.807) is 24.3 Å². The van der Waals surface area contributed by atoms with E-state index in [1.807, 2.05) is 0 Å². The first kappa shape index (κ1) is 16.7. The number of hydrogen-bond donors (Lipinski definition) is 3. The van der Waals surface area contributed by atoms with E-state index in [4.69, 9.17) is 16.8 Å². The fraction of sp³-hybridized carbons (Fsp3) is 0.250. The minimum atomic E-state index is -1.00. The minimum absolute atomic E-state index is 0.308. The van der Waals surface area contributed by atoms with Gasteiger partial charge in [0.1, 0.15) is 5.01 Å². The van der Waals surface area contributed by atoms with Gasteiger partial charge in [-0.2, -0.15) is 5.21 Å². The molecule has 1 amide bonds. The molecule has 0 radical (unpaired) electrons. The largest absolute Gasteiger partial charge is 0.579 e. The summed E-state index contributed by atoms with van der Waals surface area (Å²) < 4.78 is 0. The van der Waals surface area contributed by atoms with Crippen LogP contribution in [0.5, 0.6) is 0 Å². The quantitative estimate of drug-likeness (QED) is 0.663. The predicted molar refractivity (Wildman–Crippen MR) is 81.8 cm³/mol. The Hall–Kier alpha value is -1.62. The van der Waals surface area contributed by atoms with Gasteiger partial charge in [0.15, 0.2) is 0 Å². The van der Waals surface area contributed by atoms with Crippen LogP contribution in [0.25, 0.3) is 0 Å². The number of likely N-dealkylation sites (N-methyl/N-ethyl adjacent to an activating group) is 1. The molecule has 0 fully saturated rings. The molecule has 0 spiro atoms. The van der Waals surface area contributed by atoms with Gasteiger partial charge in [0.05, 0.1) is 17.1 Å². The fourth-order valence-corrected chi connectivity index (χ4v) is 2.52. The summed E-state index contributed by atoms with van der Waals surface area (Å²) in [7, 11) is 1.48. The molecule has 0 saturated heterocycles. The van der Waals surface area contributed by atoms with E-state index < -0.39 is 5.34 Å². The third kappa shape index (κ3) is 4.44. The SMILES string of the molecule is CN(CCc1nnc(NC(=O)c2ccccc2Cl)s1)[NH+]([O-])O. The number of rotatable bonds is 6. The molecule has 0 bridgehead atoms. The summed E-state index contributed by atoms with van der Waals surface area (Å²) >= 11 is 7.15. The van der Waals surface area contributed by atoms with Crippen LogP contribution in [0.3, 0.4) is 0 Å². The van der Waals surface area contributed by atoms with Crippen LogP contribution in [-0.4, -0.2) is 39.9 Å². The van der Waals surface area contributed by atoms with Crippen molar-refractivity contribution in [2.45, 2.75) is 6.42 Å². The summed E-state index contributed by atoms with van der Waals surface area (Å²) in [5.74, 6) is -0.365. The number of anilines is 1. The number of benzene rings is 1. The van der Waals surface area contributed by atoms with Crippen LogP contribution in [0.2, 0.25) is 5.02 Å². The van der Waals surface area contributed by atoms with Gasteiger partial charge in [-0.15, -0.1) is 20.5 Å². The van der Waals surface area contributed by atoms with Gasteiger partial charge in [0.25, 0.3) is 5.91 Å². The van der Waals surface area contributed by atoms with Crippen LogP contribution in [0, 0.1) is 5.21 Å². The molecule has 0 aliphatic carbocycles. The Bertz CT molecular complexity index is 651. The Kier molecular flexibility index (Phi) is 5.77. The molecule has 2 rings (SSSR count). The molecule has 118 valence electrons. The van der Waals surface area contributed by atoms with Gasteiger partial charge >= 0.3 is 0 Å². The van der Waals surface area contributed by atoms with Crippen molar-refractivity contribution in [3.8, 4) is 0 Å². The summed E-state index contributed by atoms with van der Waals surface area (Å²) in [6.45, 7) is 0.308. The van der Waals surface area contributed by atoms with E-state index in [2.05, 4.69) is 15.5 Å². The number of nitrogens with zero attached hydrogens (tertiary/aromatic N) is 3. The van der Waals surface area contributed by atoms with Crippen LogP contribution < -0.4 is 10.7 Å². The van der Waals surface area contributed by atoms with Gasteiger partial charge in [0, 0.05) is 13.5 Å². The highest BCUT2D eigenvalue weighted by Crippen LogP contribution is 2.19. The molecule has 1 heterocycles. The molecule has 1 unspecified atom stereocenters. The molecular weight excluding hydrogens is 330 g/mol. The molecule has 3 N–H and O–H groups in total. The van der Waals surface area contributed by atoms with Crippen molar-refractivity contribution in [3.05, 3.63) is 45.1 Å². The van der Waals surface area contributed by atoms with E-state index in [-0.39, 0.29) is 5.91 Å². The van der Waals surface area contributed by atoms with Crippen molar-refractivity contribution < 1.29 is 15.3 Å². The molecular formula is C12H14ClN5O3S. The lowest BCUT2D eigenvalue weighted by molar-refractivity contribution is -1.14. The van der Waals surface area contributed by atoms with Crippen molar-refractivity contribution in [1.29, 1.82) is 0 Å². The Balaban J connectivity index is 1.95. The number of hydrogen-bond acceptors (Lipinski definition) is 7. The Morgan fingerprint density at radius 3 is 2.91 bits per heavy atom. The van der Waals surface area contributed by atoms with Gasteiger partial charge in [-0.3, -0.25) is 10.1 Å². The minimum Gasteiger partial charge on any atom is -0.579 e. The molecule has 2 aromatic rings. The zero-order valence-corrected chi connectivity index (χ0v) is 13.2. The summed E-state index contributed by atoms with van der Waals surface area (Å²) in [5.41, 5.74) is 0.353. The average Bonchev–Trinajstić information content (AvgIpc) is 2.92. The second kappa shape index (κ2) is 7.58.